The van der Waals surface area contributed by atoms with Gasteiger partial charge in [0.05, 0.1) is 0 Å². The summed E-state index contributed by atoms with van der Waals surface area (Å²) in [5, 5.41) is 4.04. The molecule has 0 saturated carbocycles. The Morgan fingerprint density at radius 2 is 2.16 bits per heavy atom. The largest absolute Gasteiger partial charge is 0.367 e. The highest BCUT2D eigenvalue weighted by molar-refractivity contribution is 9.10. The Kier molecular flexibility index (Phi) is 5.21. The van der Waals surface area contributed by atoms with Crippen LogP contribution in [0.2, 0.25) is 0 Å². The number of hydrogen-bond donors (Lipinski definition) is 1. The number of nitrogens with one attached hydrogen (secondary N) is 1. The summed E-state index contributed by atoms with van der Waals surface area (Å²) in [4.78, 5) is 2.56. The first kappa shape index (κ1) is 15.2. The topological polar surface area (TPSA) is 15.3 Å². The highest BCUT2D eigenvalue weighted by Crippen LogP contribution is 2.35. The molecule has 0 radical (unpaired) electrons. The summed E-state index contributed by atoms with van der Waals surface area (Å²) < 4.78 is 1.16. The lowest BCUT2D eigenvalue weighted by Crippen LogP contribution is -2.45. The predicted octanol–water partition coefficient (Wildman–Crippen LogP) is 4.06. The van der Waals surface area contributed by atoms with Gasteiger partial charge in [-0.1, -0.05) is 28.9 Å². The number of benzene rings is 1. The maximum atomic E-state index is 3.62. The second-order valence-electron chi connectivity index (χ2n) is 5.22. The zero-order chi connectivity index (χ0) is 14.0. The molecule has 1 fully saturated rings. The number of thioether (sulfide) groups is 1. The first-order valence-electron chi connectivity index (χ1n) is 6.89. The van der Waals surface area contributed by atoms with E-state index in [0.717, 1.165) is 11.0 Å². The number of rotatable bonds is 3. The number of hydrogen-bond acceptors (Lipinski definition) is 3. The highest BCUT2D eigenvalue weighted by atomic mass is 79.9. The molecule has 1 aromatic rings. The van der Waals surface area contributed by atoms with E-state index in [1.54, 1.807) is 0 Å². The van der Waals surface area contributed by atoms with Crippen LogP contribution >= 0.6 is 27.7 Å². The monoisotopic (exact) mass is 342 g/mol. The summed E-state index contributed by atoms with van der Waals surface area (Å²) >= 11 is 5.70. The molecule has 19 heavy (non-hydrogen) atoms. The number of nitrogens with zero attached hydrogens (tertiary/aromatic N) is 1. The molecular formula is C15H23BrN2S. The summed E-state index contributed by atoms with van der Waals surface area (Å²) in [5.74, 6) is 1.21. The summed E-state index contributed by atoms with van der Waals surface area (Å²) in [7, 11) is 2.02. The zero-order valence-corrected chi connectivity index (χ0v) is 14.5. The van der Waals surface area contributed by atoms with Gasteiger partial charge >= 0.3 is 0 Å². The molecule has 1 aliphatic heterocycles. The Hall–Kier alpha value is -0.190. The first-order valence-corrected chi connectivity index (χ1v) is 8.73. The van der Waals surface area contributed by atoms with Crippen molar-refractivity contribution in [3.8, 4) is 0 Å². The van der Waals surface area contributed by atoms with Gasteiger partial charge in [-0.3, -0.25) is 0 Å². The minimum absolute atomic E-state index is 0.375. The fraction of sp³-hybridized carbons (Fsp3) is 0.600. The van der Waals surface area contributed by atoms with Gasteiger partial charge in [0.25, 0.3) is 0 Å². The van der Waals surface area contributed by atoms with E-state index in [2.05, 4.69) is 76.9 Å². The number of halogens is 1. The molecule has 1 aromatic carbocycles. The van der Waals surface area contributed by atoms with E-state index in [0.29, 0.717) is 17.3 Å². The van der Waals surface area contributed by atoms with E-state index in [4.69, 9.17) is 0 Å². The van der Waals surface area contributed by atoms with Crippen molar-refractivity contribution in [2.75, 3.05) is 24.2 Å². The molecular weight excluding hydrogens is 320 g/mol. The van der Waals surface area contributed by atoms with Crippen LogP contribution in [0.1, 0.15) is 32.4 Å². The smallest absolute Gasteiger partial charge is 0.0428 e. The van der Waals surface area contributed by atoms with Crippen molar-refractivity contribution in [3.63, 3.8) is 0 Å². The third-order valence-corrected chi connectivity index (χ3v) is 5.92. The van der Waals surface area contributed by atoms with Crippen LogP contribution in [0.3, 0.4) is 0 Å². The molecule has 2 rings (SSSR count). The molecule has 2 nitrogen and oxygen atoms in total. The standard InChI is InChI=1S/C15H23BrN2S/c1-10(17-4)14-6-5-13(16)9-15(14)18-7-8-19-12(3)11(18)2/h5-6,9-12,17H,7-8H2,1-4H3. The van der Waals surface area contributed by atoms with Gasteiger partial charge in [0.15, 0.2) is 0 Å². The fourth-order valence-corrected chi connectivity index (χ4v) is 4.01. The lowest BCUT2D eigenvalue weighted by Gasteiger charge is -2.40. The second kappa shape index (κ2) is 6.51. The van der Waals surface area contributed by atoms with E-state index < -0.39 is 0 Å². The average Bonchev–Trinajstić information content (AvgIpc) is 2.41. The summed E-state index contributed by atoms with van der Waals surface area (Å²) in [6.45, 7) is 8.03. The Morgan fingerprint density at radius 1 is 1.42 bits per heavy atom. The summed E-state index contributed by atoms with van der Waals surface area (Å²) in [6.07, 6.45) is 0. The van der Waals surface area contributed by atoms with Gasteiger partial charge in [0.1, 0.15) is 0 Å². The van der Waals surface area contributed by atoms with Gasteiger partial charge < -0.3 is 10.2 Å². The Morgan fingerprint density at radius 3 is 2.84 bits per heavy atom. The van der Waals surface area contributed by atoms with Crippen molar-refractivity contribution in [2.24, 2.45) is 0 Å². The lowest BCUT2D eigenvalue weighted by molar-refractivity contribution is 0.607. The van der Waals surface area contributed by atoms with Crippen LogP contribution in [0.15, 0.2) is 22.7 Å². The van der Waals surface area contributed by atoms with Gasteiger partial charge in [-0.2, -0.15) is 11.8 Å². The van der Waals surface area contributed by atoms with Crippen LogP contribution in [0, 0.1) is 0 Å². The Bertz CT molecular complexity index is 438. The minimum atomic E-state index is 0.375. The maximum Gasteiger partial charge on any atom is 0.0428 e. The molecule has 0 bridgehead atoms. The van der Waals surface area contributed by atoms with Crippen LogP contribution in [-0.2, 0) is 0 Å². The molecule has 4 heteroatoms. The molecule has 0 spiro atoms. The Labute approximate surface area is 129 Å². The Balaban J connectivity index is 2.39. The van der Waals surface area contributed by atoms with E-state index in [1.807, 2.05) is 7.05 Å². The van der Waals surface area contributed by atoms with Crippen molar-refractivity contribution in [3.05, 3.63) is 28.2 Å². The van der Waals surface area contributed by atoms with E-state index in [-0.39, 0.29) is 0 Å². The van der Waals surface area contributed by atoms with Crippen molar-refractivity contribution >= 4 is 33.4 Å². The van der Waals surface area contributed by atoms with Crippen molar-refractivity contribution in [1.82, 2.24) is 5.32 Å². The first-order chi connectivity index (χ1) is 9.04. The molecule has 1 N–H and O–H groups in total. The average molecular weight is 343 g/mol. The molecule has 3 atom stereocenters. The van der Waals surface area contributed by atoms with Crippen molar-refractivity contribution in [1.29, 1.82) is 0 Å². The maximum absolute atomic E-state index is 3.62. The van der Waals surface area contributed by atoms with Crippen LogP contribution in [0.4, 0.5) is 5.69 Å². The van der Waals surface area contributed by atoms with Crippen LogP contribution in [-0.4, -0.2) is 30.6 Å². The van der Waals surface area contributed by atoms with Gasteiger partial charge in [-0.05, 0) is 38.6 Å². The molecule has 3 unspecified atom stereocenters. The zero-order valence-electron chi connectivity index (χ0n) is 12.1. The van der Waals surface area contributed by atoms with Crippen LogP contribution in [0.5, 0.6) is 0 Å². The normalized spacial score (nSPS) is 25.4. The molecule has 0 aromatic heterocycles. The van der Waals surface area contributed by atoms with Gasteiger partial charge in [0, 0.05) is 39.8 Å². The second-order valence-corrected chi connectivity index (χ2v) is 7.62. The van der Waals surface area contributed by atoms with Crippen molar-refractivity contribution < 1.29 is 0 Å². The number of anilines is 1. The fourth-order valence-electron chi connectivity index (χ4n) is 2.56. The predicted molar refractivity (Wildman–Crippen MR) is 90.3 cm³/mol. The third-order valence-electron chi connectivity index (χ3n) is 4.09. The van der Waals surface area contributed by atoms with Crippen molar-refractivity contribution in [2.45, 2.75) is 38.1 Å². The van der Waals surface area contributed by atoms with E-state index in [1.165, 1.54) is 17.0 Å². The van der Waals surface area contributed by atoms with Crippen LogP contribution in [0.25, 0.3) is 0 Å². The SMILES string of the molecule is CNC(C)c1ccc(Br)cc1N1CCSC(C)C1C. The van der Waals surface area contributed by atoms with Gasteiger partial charge in [-0.25, -0.2) is 0 Å². The van der Waals surface area contributed by atoms with E-state index in [9.17, 15) is 0 Å². The third kappa shape index (κ3) is 3.29. The summed E-state index contributed by atoms with van der Waals surface area (Å²) in [5.41, 5.74) is 2.76. The lowest BCUT2D eigenvalue weighted by atomic mass is 10.0. The highest BCUT2D eigenvalue weighted by Gasteiger charge is 2.27. The molecule has 0 aliphatic carbocycles. The molecule has 1 heterocycles. The molecule has 1 saturated heterocycles. The van der Waals surface area contributed by atoms with Gasteiger partial charge in [-0.15, -0.1) is 0 Å². The quantitative estimate of drug-likeness (QED) is 0.891. The molecule has 0 amide bonds. The summed E-state index contributed by atoms with van der Waals surface area (Å²) in [6, 6.07) is 7.60. The van der Waals surface area contributed by atoms with Crippen LogP contribution < -0.4 is 10.2 Å². The van der Waals surface area contributed by atoms with Gasteiger partial charge in [0.2, 0.25) is 0 Å². The molecule has 1 aliphatic rings. The molecule has 106 valence electrons. The minimum Gasteiger partial charge on any atom is -0.367 e. The van der Waals surface area contributed by atoms with E-state index >= 15 is 0 Å².